The van der Waals surface area contributed by atoms with Gasteiger partial charge in [-0.25, -0.2) is 0 Å². The van der Waals surface area contributed by atoms with E-state index in [-0.39, 0.29) is 5.91 Å². The molecule has 7 heteroatoms. The van der Waals surface area contributed by atoms with Crippen molar-refractivity contribution < 1.29 is 9.32 Å². The number of nitrogens with zero attached hydrogens (tertiary/aromatic N) is 3. The molecule has 1 saturated heterocycles. The molecular formula is C17H24N4O2S. The lowest BCUT2D eigenvalue weighted by Gasteiger charge is -2.31. The van der Waals surface area contributed by atoms with E-state index in [2.05, 4.69) is 27.3 Å². The summed E-state index contributed by atoms with van der Waals surface area (Å²) in [7, 11) is 0. The minimum atomic E-state index is 0.0591. The van der Waals surface area contributed by atoms with Crippen LogP contribution in [0.4, 0.5) is 0 Å². The van der Waals surface area contributed by atoms with Gasteiger partial charge in [0.1, 0.15) is 0 Å². The molecule has 0 bridgehead atoms. The number of hydrogen-bond donors (Lipinski definition) is 1. The Bertz CT molecular complexity index is 633. The van der Waals surface area contributed by atoms with Gasteiger partial charge in [-0.2, -0.15) is 4.98 Å². The van der Waals surface area contributed by atoms with Crippen molar-refractivity contribution in [2.24, 2.45) is 5.92 Å². The quantitative estimate of drug-likeness (QED) is 0.833. The molecule has 0 unspecified atom stereocenters. The first-order chi connectivity index (χ1) is 11.7. The molecule has 3 rings (SSSR count). The second kappa shape index (κ2) is 8.39. The first-order valence-electron chi connectivity index (χ1n) is 8.60. The minimum Gasteiger partial charge on any atom is -0.356 e. The maximum Gasteiger partial charge on any atom is 0.227 e. The number of thiophene rings is 1. The van der Waals surface area contributed by atoms with Crippen molar-refractivity contribution in [1.82, 2.24) is 20.4 Å². The third-order valence-corrected chi connectivity index (χ3v) is 5.38. The van der Waals surface area contributed by atoms with Gasteiger partial charge in [0.25, 0.3) is 0 Å². The van der Waals surface area contributed by atoms with E-state index >= 15 is 0 Å². The highest BCUT2D eigenvalue weighted by Gasteiger charge is 2.18. The number of carbonyl (C=O) groups excluding carboxylic acids is 1. The molecule has 1 N–H and O–H groups in total. The molecule has 1 aliphatic heterocycles. The Morgan fingerprint density at radius 3 is 3.00 bits per heavy atom. The van der Waals surface area contributed by atoms with Crippen molar-refractivity contribution in [3.63, 3.8) is 0 Å². The van der Waals surface area contributed by atoms with E-state index in [1.807, 2.05) is 17.5 Å². The van der Waals surface area contributed by atoms with Crippen LogP contribution in [0.15, 0.2) is 22.0 Å². The third kappa shape index (κ3) is 4.64. The van der Waals surface area contributed by atoms with Gasteiger partial charge in [-0.15, -0.1) is 11.3 Å². The smallest absolute Gasteiger partial charge is 0.227 e. The molecule has 1 fully saturated rings. The lowest BCUT2D eigenvalue weighted by atomic mass is 9.97. The van der Waals surface area contributed by atoms with Crippen molar-refractivity contribution in [2.45, 2.75) is 32.6 Å². The first-order valence-corrected chi connectivity index (χ1v) is 9.48. The molecular weight excluding hydrogens is 324 g/mol. The number of aromatic nitrogens is 2. The molecule has 2 aromatic heterocycles. The van der Waals surface area contributed by atoms with Crippen LogP contribution in [-0.4, -0.2) is 47.1 Å². The Morgan fingerprint density at radius 2 is 2.29 bits per heavy atom. The van der Waals surface area contributed by atoms with Gasteiger partial charge in [-0.3, -0.25) is 4.79 Å². The molecule has 130 valence electrons. The molecule has 3 heterocycles. The number of carbonyl (C=O) groups is 1. The van der Waals surface area contributed by atoms with Crippen LogP contribution < -0.4 is 5.32 Å². The molecule has 1 amide bonds. The van der Waals surface area contributed by atoms with Crippen LogP contribution >= 0.6 is 11.3 Å². The van der Waals surface area contributed by atoms with E-state index in [0.29, 0.717) is 30.5 Å². The molecule has 1 aliphatic rings. The summed E-state index contributed by atoms with van der Waals surface area (Å²) in [5.74, 6) is 1.78. The van der Waals surface area contributed by atoms with Crippen molar-refractivity contribution >= 4 is 17.2 Å². The predicted molar refractivity (Wildman–Crippen MR) is 93.8 cm³/mol. The highest BCUT2D eigenvalue weighted by molar-refractivity contribution is 7.13. The number of nitrogens with one attached hydrogen (secondary N) is 1. The van der Waals surface area contributed by atoms with E-state index < -0.39 is 0 Å². The molecule has 0 aromatic carbocycles. The molecule has 6 nitrogen and oxygen atoms in total. The Morgan fingerprint density at radius 1 is 1.46 bits per heavy atom. The van der Waals surface area contributed by atoms with Crippen molar-refractivity contribution in [2.75, 3.05) is 26.2 Å². The number of piperidine rings is 1. The van der Waals surface area contributed by atoms with Gasteiger partial charge in [0.15, 0.2) is 0 Å². The third-order valence-electron chi connectivity index (χ3n) is 4.52. The Balaban J connectivity index is 1.37. The standard InChI is InChI=1S/C17H24N4O2S/c1-2-21-9-7-13(8-10-21)12-18-15(22)5-6-16-19-17(20-23-16)14-4-3-11-24-14/h3-4,11,13H,2,5-10,12H2,1H3,(H,18,22). The molecule has 0 atom stereocenters. The number of rotatable bonds is 7. The summed E-state index contributed by atoms with van der Waals surface area (Å²) in [5.41, 5.74) is 0. The summed E-state index contributed by atoms with van der Waals surface area (Å²) in [6, 6.07) is 3.91. The maximum atomic E-state index is 12.0. The molecule has 24 heavy (non-hydrogen) atoms. The molecule has 0 spiro atoms. The second-order valence-corrected chi connectivity index (χ2v) is 7.12. The largest absolute Gasteiger partial charge is 0.356 e. The maximum absolute atomic E-state index is 12.0. The van der Waals surface area contributed by atoms with E-state index in [1.54, 1.807) is 11.3 Å². The van der Waals surface area contributed by atoms with Crippen molar-refractivity contribution in [3.05, 3.63) is 23.4 Å². The normalized spacial score (nSPS) is 16.4. The first kappa shape index (κ1) is 17.1. The number of hydrogen-bond acceptors (Lipinski definition) is 6. The summed E-state index contributed by atoms with van der Waals surface area (Å²) >= 11 is 1.57. The molecule has 0 radical (unpaired) electrons. The zero-order chi connectivity index (χ0) is 16.8. The van der Waals surface area contributed by atoms with Gasteiger partial charge >= 0.3 is 0 Å². The van der Waals surface area contributed by atoms with Crippen LogP contribution in [0.1, 0.15) is 32.1 Å². The Labute approximate surface area is 146 Å². The highest BCUT2D eigenvalue weighted by Crippen LogP contribution is 2.21. The van der Waals surface area contributed by atoms with Gasteiger partial charge < -0.3 is 14.7 Å². The lowest BCUT2D eigenvalue weighted by Crippen LogP contribution is -2.38. The van der Waals surface area contributed by atoms with Gasteiger partial charge in [-0.05, 0) is 49.8 Å². The monoisotopic (exact) mass is 348 g/mol. The summed E-state index contributed by atoms with van der Waals surface area (Å²) in [5, 5.41) is 8.98. The van der Waals surface area contributed by atoms with Crippen LogP contribution in [0.25, 0.3) is 10.7 Å². The zero-order valence-corrected chi connectivity index (χ0v) is 14.8. The van der Waals surface area contributed by atoms with Crippen LogP contribution in [-0.2, 0) is 11.2 Å². The number of likely N-dealkylation sites (tertiary alicyclic amines) is 1. The fourth-order valence-corrected chi connectivity index (χ4v) is 3.59. The van der Waals surface area contributed by atoms with Gasteiger partial charge in [-0.1, -0.05) is 18.1 Å². The SMILES string of the molecule is CCN1CCC(CNC(=O)CCc2nc(-c3cccs3)no2)CC1. The summed E-state index contributed by atoms with van der Waals surface area (Å²) in [6.07, 6.45) is 3.21. The number of amides is 1. The number of aryl methyl sites for hydroxylation is 1. The van der Waals surface area contributed by atoms with Crippen molar-refractivity contribution in [1.29, 1.82) is 0 Å². The minimum absolute atomic E-state index is 0.0591. The summed E-state index contributed by atoms with van der Waals surface area (Å²) in [6.45, 7) is 6.38. The average Bonchev–Trinajstić information content (AvgIpc) is 3.29. The molecule has 2 aromatic rings. The molecule has 0 saturated carbocycles. The second-order valence-electron chi connectivity index (χ2n) is 6.17. The van der Waals surface area contributed by atoms with Crippen LogP contribution in [0.3, 0.4) is 0 Å². The van der Waals surface area contributed by atoms with E-state index in [0.717, 1.165) is 31.1 Å². The van der Waals surface area contributed by atoms with Gasteiger partial charge in [0.05, 0.1) is 4.88 Å². The van der Waals surface area contributed by atoms with E-state index in [9.17, 15) is 4.79 Å². The topological polar surface area (TPSA) is 71.3 Å². The average molecular weight is 348 g/mol. The van der Waals surface area contributed by atoms with Crippen LogP contribution in [0.2, 0.25) is 0 Å². The van der Waals surface area contributed by atoms with Crippen LogP contribution in [0, 0.1) is 5.92 Å². The highest BCUT2D eigenvalue weighted by atomic mass is 32.1. The summed E-state index contributed by atoms with van der Waals surface area (Å²) in [4.78, 5) is 19.8. The van der Waals surface area contributed by atoms with Gasteiger partial charge in [0.2, 0.25) is 17.6 Å². The van der Waals surface area contributed by atoms with E-state index in [4.69, 9.17) is 4.52 Å². The lowest BCUT2D eigenvalue weighted by molar-refractivity contribution is -0.121. The Hall–Kier alpha value is -1.73. The fraction of sp³-hybridized carbons (Fsp3) is 0.588. The summed E-state index contributed by atoms with van der Waals surface area (Å²) < 4.78 is 5.22. The zero-order valence-electron chi connectivity index (χ0n) is 14.0. The van der Waals surface area contributed by atoms with E-state index in [1.165, 1.54) is 12.8 Å². The fourth-order valence-electron chi connectivity index (χ4n) is 2.94. The van der Waals surface area contributed by atoms with Crippen molar-refractivity contribution in [3.8, 4) is 10.7 Å². The predicted octanol–water partition coefficient (Wildman–Crippen LogP) is 2.58. The van der Waals surface area contributed by atoms with Crippen LogP contribution in [0.5, 0.6) is 0 Å². The molecule has 0 aliphatic carbocycles. The van der Waals surface area contributed by atoms with Gasteiger partial charge in [0, 0.05) is 19.4 Å². The Kier molecular flexibility index (Phi) is 5.98.